The Morgan fingerprint density at radius 2 is 2.00 bits per heavy atom. The van der Waals surface area contributed by atoms with Crippen LogP contribution in [0.25, 0.3) is 0 Å². The van der Waals surface area contributed by atoms with Gasteiger partial charge >= 0.3 is 0 Å². The molecule has 0 amide bonds. The molecule has 0 spiro atoms. The summed E-state index contributed by atoms with van der Waals surface area (Å²) in [7, 11) is 2.21. The van der Waals surface area contributed by atoms with Crippen LogP contribution in [0.2, 0.25) is 0 Å². The largest absolute Gasteiger partial charge is 0.380 e. The number of likely N-dealkylation sites (N-methyl/N-ethyl adjacent to an activating group) is 1. The van der Waals surface area contributed by atoms with E-state index in [4.69, 9.17) is 10.5 Å². The lowest BCUT2D eigenvalue weighted by molar-refractivity contribution is -0.0200. The predicted molar refractivity (Wildman–Crippen MR) is 77.7 cm³/mol. The number of nitrogens with two attached hydrogens (primary N) is 1. The standard InChI is InChI=1S/C15H32N2O/c1-6-18-10-9-17(5)15(12-16)8-7-14(3,4)11-13(15)2/h13H,6-12,16H2,1-5H3. The molecule has 3 nitrogen and oxygen atoms in total. The molecule has 1 fully saturated rings. The van der Waals surface area contributed by atoms with Crippen molar-refractivity contribution in [1.29, 1.82) is 0 Å². The van der Waals surface area contributed by atoms with Crippen LogP contribution in [0.5, 0.6) is 0 Å². The van der Waals surface area contributed by atoms with E-state index in [1.807, 2.05) is 6.92 Å². The third-order valence-corrected chi connectivity index (χ3v) is 4.90. The highest BCUT2D eigenvalue weighted by Gasteiger charge is 2.45. The number of rotatable bonds is 6. The van der Waals surface area contributed by atoms with Gasteiger partial charge in [-0.3, -0.25) is 4.90 Å². The fourth-order valence-electron chi connectivity index (χ4n) is 3.52. The van der Waals surface area contributed by atoms with Crippen LogP contribution in [0.15, 0.2) is 0 Å². The fraction of sp³-hybridized carbons (Fsp3) is 1.00. The molecule has 0 saturated heterocycles. The maximum atomic E-state index is 6.14. The molecule has 1 rings (SSSR count). The first-order valence-electron chi connectivity index (χ1n) is 7.37. The van der Waals surface area contributed by atoms with E-state index in [1.54, 1.807) is 0 Å². The van der Waals surface area contributed by atoms with E-state index in [0.29, 0.717) is 11.3 Å². The Morgan fingerprint density at radius 3 is 2.50 bits per heavy atom. The Labute approximate surface area is 113 Å². The number of hydrogen-bond acceptors (Lipinski definition) is 3. The summed E-state index contributed by atoms with van der Waals surface area (Å²) >= 11 is 0. The number of hydrogen-bond donors (Lipinski definition) is 1. The van der Waals surface area contributed by atoms with E-state index in [0.717, 1.165) is 26.3 Å². The third-order valence-electron chi connectivity index (χ3n) is 4.90. The molecule has 3 heteroatoms. The molecule has 2 atom stereocenters. The van der Waals surface area contributed by atoms with E-state index in [2.05, 4.69) is 32.7 Å². The van der Waals surface area contributed by atoms with Gasteiger partial charge in [0.1, 0.15) is 0 Å². The van der Waals surface area contributed by atoms with Crippen LogP contribution in [-0.4, -0.2) is 43.8 Å². The second kappa shape index (κ2) is 6.36. The highest BCUT2D eigenvalue weighted by molar-refractivity contribution is 5.01. The maximum Gasteiger partial charge on any atom is 0.0593 e. The van der Waals surface area contributed by atoms with Crippen molar-refractivity contribution in [3.8, 4) is 0 Å². The predicted octanol–water partition coefficient (Wildman–Crippen LogP) is 2.50. The minimum absolute atomic E-state index is 0.173. The van der Waals surface area contributed by atoms with Gasteiger partial charge in [0.2, 0.25) is 0 Å². The molecular formula is C15H32N2O. The van der Waals surface area contributed by atoms with Crippen molar-refractivity contribution in [2.45, 2.75) is 52.5 Å². The summed E-state index contributed by atoms with van der Waals surface area (Å²) in [6.07, 6.45) is 3.75. The summed E-state index contributed by atoms with van der Waals surface area (Å²) in [5, 5.41) is 0. The number of ether oxygens (including phenoxy) is 1. The van der Waals surface area contributed by atoms with Gasteiger partial charge in [0.05, 0.1) is 6.61 Å². The van der Waals surface area contributed by atoms with Crippen molar-refractivity contribution < 1.29 is 4.74 Å². The smallest absolute Gasteiger partial charge is 0.0593 e. The van der Waals surface area contributed by atoms with Gasteiger partial charge in [-0.15, -0.1) is 0 Å². The summed E-state index contributed by atoms with van der Waals surface area (Å²) < 4.78 is 5.48. The van der Waals surface area contributed by atoms with Gasteiger partial charge in [0.25, 0.3) is 0 Å². The van der Waals surface area contributed by atoms with Crippen LogP contribution in [0, 0.1) is 11.3 Å². The molecule has 0 heterocycles. The summed E-state index contributed by atoms with van der Waals surface area (Å²) in [4.78, 5) is 2.45. The van der Waals surface area contributed by atoms with Crippen LogP contribution >= 0.6 is 0 Å². The van der Waals surface area contributed by atoms with E-state index < -0.39 is 0 Å². The molecule has 2 unspecified atom stereocenters. The molecule has 1 aliphatic rings. The topological polar surface area (TPSA) is 38.5 Å². The number of nitrogens with zero attached hydrogens (tertiary/aromatic N) is 1. The van der Waals surface area contributed by atoms with Crippen molar-refractivity contribution in [1.82, 2.24) is 4.90 Å². The van der Waals surface area contributed by atoms with Crippen molar-refractivity contribution in [2.24, 2.45) is 17.1 Å². The van der Waals surface area contributed by atoms with Crippen LogP contribution in [0.4, 0.5) is 0 Å². The molecule has 0 aromatic heterocycles. The molecular weight excluding hydrogens is 224 g/mol. The third kappa shape index (κ3) is 3.46. The summed E-state index contributed by atoms with van der Waals surface area (Å²) in [6, 6.07) is 0. The van der Waals surface area contributed by atoms with Gasteiger partial charge in [-0.05, 0) is 44.6 Å². The first-order valence-corrected chi connectivity index (χ1v) is 7.37. The van der Waals surface area contributed by atoms with Crippen LogP contribution < -0.4 is 5.73 Å². The van der Waals surface area contributed by atoms with Gasteiger partial charge in [-0.25, -0.2) is 0 Å². The van der Waals surface area contributed by atoms with E-state index in [-0.39, 0.29) is 5.54 Å². The molecule has 0 radical (unpaired) electrons. The molecule has 0 aromatic carbocycles. The molecule has 18 heavy (non-hydrogen) atoms. The van der Waals surface area contributed by atoms with Crippen LogP contribution in [-0.2, 0) is 4.74 Å². The summed E-state index contributed by atoms with van der Waals surface area (Å²) in [6.45, 7) is 12.5. The Balaban J connectivity index is 2.67. The Kier molecular flexibility index (Phi) is 5.63. The van der Waals surface area contributed by atoms with Crippen molar-refractivity contribution in [3.05, 3.63) is 0 Å². The van der Waals surface area contributed by atoms with Gasteiger partial charge in [-0.2, -0.15) is 0 Å². The highest BCUT2D eigenvalue weighted by atomic mass is 16.5. The first kappa shape index (κ1) is 15.9. The van der Waals surface area contributed by atoms with Gasteiger partial charge in [0, 0.05) is 25.2 Å². The lowest BCUT2D eigenvalue weighted by atomic mass is 9.63. The fourth-order valence-corrected chi connectivity index (χ4v) is 3.52. The Hall–Kier alpha value is -0.120. The summed E-state index contributed by atoms with van der Waals surface area (Å²) in [5.41, 5.74) is 6.78. The monoisotopic (exact) mass is 256 g/mol. The van der Waals surface area contributed by atoms with Gasteiger partial charge in [0.15, 0.2) is 0 Å². The lowest BCUT2D eigenvalue weighted by Gasteiger charge is -2.52. The zero-order valence-electron chi connectivity index (χ0n) is 13.0. The van der Waals surface area contributed by atoms with Gasteiger partial charge in [-0.1, -0.05) is 20.8 Å². The molecule has 2 N–H and O–H groups in total. The van der Waals surface area contributed by atoms with Crippen molar-refractivity contribution in [2.75, 3.05) is 33.4 Å². The molecule has 1 aliphatic carbocycles. The Bertz CT molecular complexity index is 255. The van der Waals surface area contributed by atoms with Crippen LogP contribution in [0.1, 0.15) is 47.0 Å². The average Bonchev–Trinajstić information content (AvgIpc) is 2.29. The second-order valence-electron chi connectivity index (χ2n) is 6.70. The lowest BCUT2D eigenvalue weighted by Crippen LogP contribution is -2.60. The quantitative estimate of drug-likeness (QED) is 0.742. The maximum absolute atomic E-state index is 6.14. The highest BCUT2D eigenvalue weighted by Crippen LogP contribution is 2.45. The second-order valence-corrected chi connectivity index (χ2v) is 6.70. The van der Waals surface area contributed by atoms with E-state index in [9.17, 15) is 0 Å². The van der Waals surface area contributed by atoms with E-state index in [1.165, 1.54) is 19.3 Å². The minimum atomic E-state index is 0.173. The first-order chi connectivity index (χ1) is 8.38. The normalized spacial score (nSPS) is 31.8. The average molecular weight is 256 g/mol. The zero-order chi connectivity index (χ0) is 13.8. The SMILES string of the molecule is CCOCCN(C)C1(CN)CCC(C)(C)CC1C. The van der Waals surface area contributed by atoms with Crippen molar-refractivity contribution in [3.63, 3.8) is 0 Å². The summed E-state index contributed by atoms with van der Waals surface area (Å²) in [5.74, 6) is 0.651. The molecule has 1 saturated carbocycles. The minimum Gasteiger partial charge on any atom is -0.380 e. The molecule has 0 aromatic rings. The molecule has 0 bridgehead atoms. The Morgan fingerprint density at radius 1 is 1.33 bits per heavy atom. The zero-order valence-corrected chi connectivity index (χ0v) is 13.0. The van der Waals surface area contributed by atoms with E-state index >= 15 is 0 Å². The molecule has 108 valence electrons. The van der Waals surface area contributed by atoms with Crippen molar-refractivity contribution >= 4 is 0 Å². The van der Waals surface area contributed by atoms with Crippen LogP contribution in [0.3, 0.4) is 0 Å². The van der Waals surface area contributed by atoms with Gasteiger partial charge < -0.3 is 10.5 Å². The molecule has 0 aliphatic heterocycles.